The highest BCUT2D eigenvalue weighted by Crippen LogP contribution is 2.41. The maximum atomic E-state index is 12.6. The van der Waals surface area contributed by atoms with Crippen molar-refractivity contribution in [3.8, 4) is 17.5 Å². The van der Waals surface area contributed by atoms with Crippen LogP contribution in [-0.4, -0.2) is 37.4 Å². The third kappa shape index (κ3) is 6.36. The number of thioether (sulfide) groups is 1. The highest BCUT2D eigenvalue weighted by Gasteiger charge is 2.24. The van der Waals surface area contributed by atoms with Crippen molar-refractivity contribution in [2.24, 2.45) is 5.73 Å². The molecule has 1 heterocycles. The van der Waals surface area contributed by atoms with Crippen molar-refractivity contribution < 1.29 is 4.79 Å². The first kappa shape index (κ1) is 25.5. The van der Waals surface area contributed by atoms with Gasteiger partial charge in [-0.25, -0.2) is 0 Å². The first-order valence-corrected chi connectivity index (χ1v) is 13.2. The number of hydrogen-bond donors (Lipinski definition) is 2. The van der Waals surface area contributed by atoms with E-state index in [4.69, 9.17) is 28.9 Å². The summed E-state index contributed by atoms with van der Waals surface area (Å²) in [6, 6.07) is 11.2. The Kier molecular flexibility index (Phi) is 8.02. The third-order valence-corrected chi connectivity index (χ3v) is 7.52. The Morgan fingerprint density at radius 3 is 2.63 bits per heavy atom. The second-order valence-corrected chi connectivity index (χ2v) is 10.3. The maximum absolute atomic E-state index is 12.6. The van der Waals surface area contributed by atoms with Gasteiger partial charge in [-0.3, -0.25) is 4.79 Å². The molecule has 1 aliphatic carbocycles. The fourth-order valence-electron chi connectivity index (χ4n) is 3.42. The lowest BCUT2D eigenvalue weighted by molar-refractivity contribution is -0.113. The summed E-state index contributed by atoms with van der Waals surface area (Å²) < 4.78 is 1.54. The second-order valence-electron chi connectivity index (χ2n) is 8.50. The Morgan fingerprint density at radius 1 is 1.20 bits per heavy atom. The van der Waals surface area contributed by atoms with Gasteiger partial charge in [-0.2, -0.15) is 4.68 Å². The van der Waals surface area contributed by atoms with E-state index in [2.05, 4.69) is 38.7 Å². The Morgan fingerprint density at radius 2 is 1.97 bits per heavy atom. The van der Waals surface area contributed by atoms with Crippen molar-refractivity contribution >= 4 is 46.6 Å². The lowest BCUT2D eigenvalue weighted by atomic mass is 9.95. The van der Waals surface area contributed by atoms with Crippen LogP contribution in [0.3, 0.4) is 0 Å². The molecule has 0 spiro atoms. The van der Waals surface area contributed by atoms with E-state index < -0.39 is 5.54 Å². The number of rotatable bonds is 8. The molecule has 2 aromatic carbocycles. The predicted molar refractivity (Wildman–Crippen MR) is 141 cm³/mol. The van der Waals surface area contributed by atoms with E-state index in [-0.39, 0.29) is 11.7 Å². The van der Waals surface area contributed by atoms with E-state index in [9.17, 15) is 4.79 Å². The Labute approximate surface area is 219 Å². The van der Waals surface area contributed by atoms with Gasteiger partial charge in [0.1, 0.15) is 0 Å². The van der Waals surface area contributed by atoms with Crippen molar-refractivity contribution in [1.29, 1.82) is 0 Å². The summed E-state index contributed by atoms with van der Waals surface area (Å²) >= 11 is 14.1. The molecule has 1 aromatic heterocycles. The SMILES string of the molecule is CCC(N)(C#Cc1ccc(NC(=O)CSc2nnnn2-c2ccc(C3CC3)cc2Cl)c(Cl)c1)CC. The summed E-state index contributed by atoms with van der Waals surface area (Å²) in [6.45, 7) is 4.03. The zero-order chi connectivity index (χ0) is 25.0. The quantitative estimate of drug-likeness (QED) is 0.298. The van der Waals surface area contributed by atoms with E-state index in [0.717, 1.165) is 18.4 Å². The topological polar surface area (TPSA) is 98.7 Å². The van der Waals surface area contributed by atoms with Gasteiger partial charge in [-0.1, -0.05) is 66.7 Å². The molecule has 0 unspecified atom stereocenters. The van der Waals surface area contributed by atoms with Crippen LogP contribution in [0.2, 0.25) is 10.0 Å². The van der Waals surface area contributed by atoms with Crippen LogP contribution in [0.15, 0.2) is 41.6 Å². The molecule has 3 N–H and O–H groups in total. The summed E-state index contributed by atoms with van der Waals surface area (Å²) in [4.78, 5) is 12.6. The van der Waals surface area contributed by atoms with Crippen molar-refractivity contribution in [2.45, 2.75) is 56.1 Å². The van der Waals surface area contributed by atoms with E-state index in [0.29, 0.717) is 32.5 Å². The van der Waals surface area contributed by atoms with Crippen LogP contribution in [0, 0.1) is 11.8 Å². The number of nitrogens with zero attached hydrogens (tertiary/aromatic N) is 4. The van der Waals surface area contributed by atoms with Crippen LogP contribution < -0.4 is 11.1 Å². The number of carbonyl (C=O) groups is 1. The molecule has 10 heteroatoms. The van der Waals surface area contributed by atoms with Gasteiger partial charge in [0.2, 0.25) is 11.1 Å². The van der Waals surface area contributed by atoms with Crippen molar-refractivity contribution in [3.05, 3.63) is 57.6 Å². The molecule has 0 aliphatic heterocycles. The van der Waals surface area contributed by atoms with Gasteiger partial charge < -0.3 is 11.1 Å². The molecule has 182 valence electrons. The summed E-state index contributed by atoms with van der Waals surface area (Å²) in [7, 11) is 0. The first-order valence-electron chi connectivity index (χ1n) is 11.4. The maximum Gasteiger partial charge on any atom is 0.234 e. The van der Waals surface area contributed by atoms with Gasteiger partial charge in [0.25, 0.3) is 0 Å². The summed E-state index contributed by atoms with van der Waals surface area (Å²) in [5.41, 5.74) is 8.87. The molecule has 7 nitrogen and oxygen atoms in total. The van der Waals surface area contributed by atoms with Crippen molar-refractivity contribution in [1.82, 2.24) is 20.2 Å². The second kappa shape index (κ2) is 11.0. The number of hydrogen-bond acceptors (Lipinski definition) is 6. The molecule has 0 radical (unpaired) electrons. The van der Waals surface area contributed by atoms with Crippen LogP contribution in [0.1, 0.15) is 56.6 Å². The zero-order valence-electron chi connectivity index (χ0n) is 19.5. The highest BCUT2D eigenvalue weighted by molar-refractivity contribution is 7.99. The van der Waals surface area contributed by atoms with Gasteiger partial charge in [0.05, 0.1) is 32.7 Å². The van der Waals surface area contributed by atoms with Crippen LogP contribution >= 0.6 is 35.0 Å². The summed E-state index contributed by atoms with van der Waals surface area (Å²) in [5.74, 6) is 6.65. The third-order valence-electron chi connectivity index (χ3n) is 5.98. The molecule has 1 saturated carbocycles. The molecule has 3 aromatic rings. The number of nitrogens with one attached hydrogen (secondary N) is 1. The first-order chi connectivity index (χ1) is 16.8. The molecular weight excluding hydrogens is 503 g/mol. The number of benzene rings is 2. The molecule has 0 saturated heterocycles. The minimum absolute atomic E-state index is 0.0960. The normalized spacial score (nSPS) is 13.3. The van der Waals surface area contributed by atoms with Crippen LogP contribution in [0.25, 0.3) is 5.69 Å². The number of halogens is 2. The average Bonchev–Trinajstić information content (AvgIpc) is 3.61. The smallest absolute Gasteiger partial charge is 0.234 e. The molecule has 1 amide bonds. The number of nitrogens with two attached hydrogens (primary N) is 1. The van der Waals surface area contributed by atoms with Crippen LogP contribution in [0.4, 0.5) is 5.69 Å². The zero-order valence-corrected chi connectivity index (χ0v) is 21.8. The predicted octanol–water partition coefficient (Wildman–Crippen LogP) is 5.45. The monoisotopic (exact) mass is 528 g/mol. The average molecular weight is 529 g/mol. The standard InChI is InChI=1S/C25H26Cl2N6OS/c1-3-25(28,4-2)12-11-16-5-9-21(19(26)13-16)29-23(34)15-35-24-30-31-32-33(24)22-10-8-18(14-20(22)27)17-6-7-17/h5,8-10,13-14,17H,3-4,6-7,15,28H2,1-2H3,(H,29,34). The van der Waals surface area contributed by atoms with Gasteiger partial charge in [0, 0.05) is 5.56 Å². The number of carbonyl (C=O) groups excluding carboxylic acids is 1. The molecule has 4 rings (SSSR count). The number of anilines is 1. The molecule has 1 aliphatic rings. The molecule has 1 fully saturated rings. The molecule has 0 atom stereocenters. The van der Waals surface area contributed by atoms with E-state index in [1.165, 1.54) is 30.2 Å². The van der Waals surface area contributed by atoms with E-state index >= 15 is 0 Å². The molecular formula is C25H26Cl2N6OS. The summed E-state index contributed by atoms with van der Waals surface area (Å²) in [6.07, 6.45) is 3.92. The molecule has 35 heavy (non-hydrogen) atoms. The lowest BCUT2D eigenvalue weighted by Gasteiger charge is -2.18. The fraction of sp³-hybridized carbons (Fsp3) is 0.360. The minimum Gasteiger partial charge on any atom is -0.324 e. The minimum atomic E-state index is -0.518. The Bertz CT molecular complexity index is 1290. The van der Waals surface area contributed by atoms with Crippen LogP contribution in [0.5, 0.6) is 0 Å². The van der Waals surface area contributed by atoms with Crippen molar-refractivity contribution in [2.75, 3.05) is 11.1 Å². The van der Waals surface area contributed by atoms with E-state index in [1.807, 2.05) is 26.0 Å². The highest BCUT2D eigenvalue weighted by atomic mass is 35.5. The number of aromatic nitrogens is 4. The van der Waals surface area contributed by atoms with Gasteiger partial charge in [0.15, 0.2) is 0 Å². The lowest BCUT2D eigenvalue weighted by Crippen LogP contribution is -2.36. The fourth-order valence-corrected chi connectivity index (χ4v) is 4.60. The van der Waals surface area contributed by atoms with Crippen LogP contribution in [-0.2, 0) is 4.79 Å². The van der Waals surface area contributed by atoms with Crippen molar-refractivity contribution in [3.63, 3.8) is 0 Å². The van der Waals surface area contributed by atoms with Gasteiger partial charge >= 0.3 is 0 Å². The number of tetrazole rings is 1. The Hall–Kier alpha value is -2.57. The largest absolute Gasteiger partial charge is 0.324 e. The number of amides is 1. The summed E-state index contributed by atoms with van der Waals surface area (Å²) in [5, 5.41) is 16.1. The van der Waals surface area contributed by atoms with Gasteiger partial charge in [-0.15, -0.1) is 5.10 Å². The molecule has 0 bridgehead atoms. The van der Waals surface area contributed by atoms with Gasteiger partial charge in [-0.05, 0) is 77.9 Å². The van der Waals surface area contributed by atoms with E-state index in [1.54, 1.807) is 22.9 Å². The Balaban J connectivity index is 1.38.